The number of methoxy groups -OCH3 is 1. The van der Waals surface area contributed by atoms with Crippen LogP contribution in [0.25, 0.3) is 0 Å². The monoisotopic (exact) mass is 279 g/mol. The van der Waals surface area contributed by atoms with Crippen LogP contribution in [0.1, 0.15) is 12.0 Å². The summed E-state index contributed by atoms with van der Waals surface area (Å²) in [6.07, 6.45) is 0.832. The molecule has 1 amide bonds. The third kappa shape index (κ3) is 5.19. The topological polar surface area (TPSA) is 58.8 Å². The highest BCUT2D eigenvalue weighted by molar-refractivity contribution is 5.77. The van der Waals surface area contributed by atoms with E-state index in [9.17, 15) is 4.79 Å². The number of hydrogen-bond acceptors (Lipinski definition) is 4. The third-order valence-electron chi connectivity index (χ3n) is 3.16. The van der Waals surface area contributed by atoms with Gasteiger partial charge in [-0.3, -0.25) is 9.69 Å². The maximum atomic E-state index is 12.0. The molecule has 0 spiro atoms. The van der Waals surface area contributed by atoms with Gasteiger partial charge in [0.15, 0.2) is 0 Å². The summed E-state index contributed by atoms with van der Waals surface area (Å²) in [6.45, 7) is 2.38. The normalized spacial score (nSPS) is 10.7. The molecular formula is C15H25N3O2. The van der Waals surface area contributed by atoms with Gasteiger partial charge in [-0.25, -0.2) is 0 Å². The lowest BCUT2D eigenvalue weighted by Crippen LogP contribution is -2.37. The highest BCUT2D eigenvalue weighted by atomic mass is 16.5. The molecule has 0 heterocycles. The summed E-state index contributed by atoms with van der Waals surface area (Å²) < 4.78 is 5.32. The first-order valence-corrected chi connectivity index (χ1v) is 6.83. The molecule has 0 aromatic heterocycles. The smallest absolute Gasteiger partial charge is 0.236 e. The Morgan fingerprint density at radius 1 is 1.30 bits per heavy atom. The maximum Gasteiger partial charge on any atom is 0.236 e. The minimum absolute atomic E-state index is 0.107. The van der Waals surface area contributed by atoms with Crippen molar-refractivity contribution >= 4 is 5.91 Å². The van der Waals surface area contributed by atoms with E-state index in [1.54, 1.807) is 12.0 Å². The van der Waals surface area contributed by atoms with Gasteiger partial charge in [-0.2, -0.15) is 0 Å². The molecule has 0 radical (unpaired) electrons. The van der Waals surface area contributed by atoms with Crippen molar-refractivity contribution in [1.82, 2.24) is 9.80 Å². The van der Waals surface area contributed by atoms with Gasteiger partial charge < -0.3 is 15.4 Å². The molecule has 0 atom stereocenters. The Balaban J connectivity index is 2.50. The van der Waals surface area contributed by atoms with Gasteiger partial charge in [0.05, 0.1) is 13.7 Å². The van der Waals surface area contributed by atoms with Crippen molar-refractivity contribution in [3.8, 4) is 5.75 Å². The minimum Gasteiger partial charge on any atom is -0.496 e. The molecule has 0 aliphatic rings. The Labute approximate surface area is 121 Å². The number of amides is 1. The van der Waals surface area contributed by atoms with Gasteiger partial charge in [-0.05, 0) is 26.1 Å². The molecule has 1 aromatic rings. The van der Waals surface area contributed by atoms with Crippen molar-refractivity contribution in [3.63, 3.8) is 0 Å². The van der Waals surface area contributed by atoms with Gasteiger partial charge >= 0.3 is 0 Å². The molecule has 2 N–H and O–H groups in total. The number of rotatable bonds is 8. The van der Waals surface area contributed by atoms with E-state index in [0.717, 1.165) is 17.7 Å². The van der Waals surface area contributed by atoms with Crippen LogP contribution in [0.2, 0.25) is 0 Å². The van der Waals surface area contributed by atoms with Gasteiger partial charge in [-0.1, -0.05) is 18.2 Å². The van der Waals surface area contributed by atoms with Crippen molar-refractivity contribution in [3.05, 3.63) is 29.8 Å². The summed E-state index contributed by atoms with van der Waals surface area (Å²) in [5, 5.41) is 0. The molecule has 1 rings (SSSR count). The molecule has 0 aliphatic heterocycles. The highest BCUT2D eigenvalue weighted by Gasteiger charge is 2.12. The fourth-order valence-electron chi connectivity index (χ4n) is 1.99. The summed E-state index contributed by atoms with van der Waals surface area (Å²) in [5.74, 6) is 0.958. The van der Waals surface area contributed by atoms with E-state index in [2.05, 4.69) is 0 Å². The van der Waals surface area contributed by atoms with E-state index < -0.39 is 0 Å². The van der Waals surface area contributed by atoms with Crippen molar-refractivity contribution < 1.29 is 9.53 Å². The zero-order valence-corrected chi connectivity index (χ0v) is 12.6. The van der Waals surface area contributed by atoms with Crippen LogP contribution in [0.3, 0.4) is 0 Å². The summed E-state index contributed by atoms with van der Waals surface area (Å²) in [6, 6.07) is 7.85. The van der Waals surface area contributed by atoms with Crippen LogP contribution in [-0.2, 0) is 11.3 Å². The standard InChI is InChI=1S/C15H25N3O2/c1-17(12-15(19)18(2)10-6-9-16)11-13-7-4-5-8-14(13)20-3/h4-5,7-8H,6,9-12,16H2,1-3H3. The number of para-hydroxylation sites is 1. The molecule has 5 nitrogen and oxygen atoms in total. The zero-order chi connectivity index (χ0) is 15.0. The Hall–Kier alpha value is -1.59. The Morgan fingerprint density at radius 2 is 2.00 bits per heavy atom. The lowest BCUT2D eigenvalue weighted by atomic mass is 10.2. The van der Waals surface area contributed by atoms with Crippen LogP contribution >= 0.6 is 0 Å². The molecule has 112 valence electrons. The summed E-state index contributed by atoms with van der Waals surface area (Å²) >= 11 is 0. The molecule has 0 saturated heterocycles. The molecule has 1 aromatic carbocycles. The second-order valence-corrected chi connectivity index (χ2v) is 4.94. The van der Waals surface area contributed by atoms with Crippen LogP contribution in [0.15, 0.2) is 24.3 Å². The van der Waals surface area contributed by atoms with Crippen LogP contribution in [0, 0.1) is 0 Å². The fourth-order valence-corrected chi connectivity index (χ4v) is 1.99. The van der Waals surface area contributed by atoms with E-state index >= 15 is 0 Å². The van der Waals surface area contributed by atoms with E-state index in [-0.39, 0.29) is 5.91 Å². The fraction of sp³-hybridized carbons (Fsp3) is 0.533. The van der Waals surface area contributed by atoms with Gasteiger partial charge in [0, 0.05) is 25.7 Å². The Bertz CT molecular complexity index is 423. The third-order valence-corrected chi connectivity index (χ3v) is 3.16. The number of hydrogen-bond donors (Lipinski definition) is 1. The summed E-state index contributed by atoms with van der Waals surface area (Å²) in [4.78, 5) is 15.7. The number of benzene rings is 1. The predicted molar refractivity (Wildman–Crippen MR) is 80.6 cm³/mol. The molecule has 20 heavy (non-hydrogen) atoms. The second kappa shape index (κ2) is 8.55. The Kier molecular flexibility index (Phi) is 7.04. The van der Waals surface area contributed by atoms with Gasteiger partial charge in [0.1, 0.15) is 5.75 Å². The lowest BCUT2D eigenvalue weighted by Gasteiger charge is -2.22. The predicted octanol–water partition coefficient (Wildman–Crippen LogP) is 0.934. The molecular weight excluding hydrogens is 254 g/mol. The van der Waals surface area contributed by atoms with Crippen LogP contribution in [0.4, 0.5) is 0 Å². The quantitative estimate of drug-likeness (QED) is 0.769. The zero-order valence-electron chi connectivity index (χ0n) is 12.6. The molecule has 0 aliphatic carbocycles. The van der Waals surface area contributed by atoms with Gasteiger partial charge in [0.2, 0.25) is 5.91 Å². The van der Waals surface area contributed by atoms with Crippen molar-refractivity contribution in [1.29, 1.82) is 0 Å². The van der Waals surface area contributed by atoms with E-state index in [4.69, 9.17) is 10.5 Å². The summed E-state index contributed by atoms with van der Waals surface area (Å²) in [7, 11) is 5.40. The second-order valence-electron chi connectivity index (χ2n) is 4.94. The van der Waals surface area contributed by atoms with Crippen LogP contribution in [0.5, 0.6) is 5.75 Å². The first kappa shape index (κ1) is 16.5. The van der Waals surface area contributed by atoms with Crippen molar-refractivity contribution in [2.75, 3.05) is 40.8 Å². The summed E-state index contributed by atoms with van der Waals surface area (Å²) in [5.41, 5.74) is 6.53. The molecule has 0 bridgehead atoms. The van der Waals surface area contributed by atoms with E-state index in [1.165, 1.54) is 0 Å². The number of carbonyl (C=O) groups is 1. The highest BCUT2D eigenvalue weighted by Crippen LogP contribution is 2.18. The van der Waals surface area contributed by atoms with Crippen LogP contribution < -0.4 is 10.5 Å². The molecule has 5 heteroatoms. The largest absolute Gasteiger partial charge is 0.496 e. The van der Waals surface area contributed by atoms with E-state index in [0.29, 0.717) is 26.2 Å². The first-order valence-electron chi connectivity index (χ1n) is 6.83. The average Bonchev–Trinajstić information content (AvgIpc) is 2.45. The number of ether oxygens (including phenoxy) is 1. The average molecular weight is 279 g/mol. The van der Waals surface area contributed by atoms with Crippen LogP contribution in [-0.4, -0.2) is 56.5 Å². The SMILES string of the molecule is COc1ccccc1CN(C)CC(=O)N(C)CCCN. The number of nitrogens with zero attached hydrogens (tertiary/aromatic N) is 2. The number of nitrogens with two attached hydrogens (primary N) is 1. The molecule has 0 saturated carbocycles. The first-order chi connectivity index (χ1) is 9.58. The van der Waals surface area contributed by atoms with Crippen molar-refractivity contribution in [2.45, 2.75) is 13.0 Å². The van der Waals surface area contributed by atoms with Gasteiger partial charge in [-0.15, -0.1) is 0 Å². The lowest BCUT2D eigenvalue weighted by molar-refractivity contribution is -0.130. The molecule has 0 unspecified atom stereocenters. The minimum atomic E-state index is 0.107. The number of carbonyl (C=O) groups excluding carboxylic acids is 1. The number of likely N-dealkylation sites (N-methyl/N-ethyl adjacent to an activating group) is 2. The molecule has 0 fully saturated rings. The Morgan fingerprint density at radius 3 is 2.65 bits per heavy atom. The van der Waals surface area contributed by atoms with Crippen molar-refractivity contribution in [2.24, 2.45) is 5.73 Å². The maximum absolute atomic E-state index is 12.0. The van der Waals surface area contributed by atoms with E-state index in [1.807, 2.05) is 43.3 Å². The van der Waals surface area contributed by atoms with Gasteiger partial charge in [0.25, 0.3) is 0 Å².